The zero-order valence-corrected chi connectivity index (χ0v) is 8.53. The predicted molar refractivity (Wildman–Crippen MR) is 51.5 cm³/mol. The lowest BCUT2D eigenvalue weighted by atomic mass is 9.98. The summed E-state index contributed by atoms with van der Waals surface area (Å²) in [6, 6.07) is 2.19. The zero-order valence-electron chi connectivity index (χ0n) is 8.53. The minimum Gasteiger partial charge on any atom is -0.453 e. The summed E-state index contributed by atoms with van der Waals surface area (Å²) in [6.45, 7) is 1.48. The summed E-state index contributed by atoms with van der Waals surface area (Å²) in [7, 11) is 1.40. The van der Waals surface area contributed by atoms with Gasteiger partial charge in [-0.05, 0) is 25.2 Å². The summed E-state index contributed by atoms with van der Waals surface area (Å²) < 4.78 is 4.66. The van der Waals surface area contributed by atoms with Crippen molar-refractivity contribution in [2.24, 2.45) is 5.92 Å². The number of hydrogen-bond acceptors (Lipinski definition) is 3. The van der Waals surface area contributed by atoms with Crippen LogP contribution in [0, 0.1) is 17.2 Å². The van der Waals surface area contributed by atoms with E-state index in [1.54, 1.807) is 4.90 Å². The molecule has 4 heteroatoms. The zero-order chi connectivity index (χ0) is 10.4. The number of nitrogens with zero attached hydrogens (tertiary/aromatic N) is 2. The van der Waals surface area contributed by atoms with Crippen LogP contribution in [0.2, 0.25) is 0 Å². The predicted octanol–water partition coefficient (Wildman–Crippen LogP) is 1.77. The van der Waals surface area contributed by atoms with Gasteiger partial charge >= 0.3 is 6.09 Å². The molecule has 1 fully saturated rings. The maximum absolute atomic E-state index is 11.2. The fourth-order valence-electron chi connectivity index (χ4n) is 1.81. The average Bonchev–Trinajstić information content (AvgIpc) is 2.43. The first-order valence-electron chi connectivity index (χ1n) is 4.97. The Hall–Kier alpha value is -1.24. The van der Waals surface area contributed by atoms with Gasteiger partial charge in [0.2, 0.25) is 0 Å². The maximum Gasteiger partial charge on any atom is 0.409 e. The van der Waals surface area contributed by atoms with Crippen molar-refractivity contribution >= 4 is 6.09 Å². The van der Waals surface area contributed by atoms with E-state index >= 15 is 0 Å². The number of carbonyl (C=O) groups is 1. The highest BCUT2D eigenvalue weighted by Gasteiger charge is 2.20. The van der Waals surface area contributed by atoms with E-state index in [0.717, 1.165) is 32.4 Å². The molecule has 1 aliphatic heterocycles. The lowest BCUT2D eigenvalue weighted by Gasteiger charge is -2.18. The topological polar surface area (TPSA) is 53.3 Å². The van der Waals surface area contributed by atoms with Gasteiger partial charge in [0.15, 0.2) is 0 Å². The van der Waals surface area contributed by atoms with Gasteiger partial charge < -0.3 is 9.64 Å². The molecule has 4 nitrogen and oxygen atoms in total. The summed E-state index contributed by atoms with van der Waals surface area (Å²) in [6.07, 6.45) is 3.29. The molecule has 0 aromatic carbocycles. The van der Waals surface area contributed by atoms with Crippen molar-refractivity contribution in [3.63, 3.8) is 0 Å². The van der Waals surface area contributed by atoms with Crippen molar-refractivity contribution in [1.29, 1.82) is 5.26 Å². The van der Waals surface area contributed by atoms with Crippen molar-refractivity contribution in [2.75, 3.05) is 20.2 Å². The fraction of sp³-hybridized carbons (Fsp3) is 0.800. The first-order chi connectivity index (χ1) is 6.77. The molecule has 0 aromatic heterocycles. The van der Waals surface area contributed by atoms with E-state index in [2.05, 4.69) is 10.8 Å². The average molecular weight is 196 g/mol. The highest BCUT2D eigenvalue weighted by Crippen LogP contribution is 2.20. The van der Waals surface area contributed by atoms with Crippen molar-refractivity contribution in [3.05, 3.63) is 0 Å². The third kappa shape index (κ3) is 2.91. The second kappa shape index (κ2) is 5.48. The minimum absolute atomic E-state index is 0.248. The highest BCUT2D eigenvalue weighted by molar-refractivity contribution is 5.67. The maximum atomic E-state index is 11.2. The lowest BCUT2D eigenvalue weighted by molar-refractivity contribution is 0.124. The third-order valence-electron chi connectivity index (χ3n) is 2.66. The van der Waals surface area contributed by atoms with E-state index in [9.17, 15) is 4.79 Å². The Morgan fingerprint density at radius 1 is 1.57 bits per heavy atom. The second-order valence-electron chi connectivity index (χ2n) is 3.62. The van der Waals surface area contributed by atoms with Gasteiger partial charge in [-0.3, -0.25) is 0 Å². The lowest BCUT2D eigenvalue weighted by Crippen LogP contribution is -2.31. The van der Waals surface area contributed by atoms with Crippen LogP contribution in [0.4, 0.5) is 4.79 Å². The molecule has 0 bridgehead atoms. The van der Waals surface area contributed by atoms with Crippen LogP contribution in [0.5, 0.6) is 0 Å². The normalized spacial score (nSPS) is 22.3. The minimum atomic E-state index is -0.248. The Kier molecular flexibility index (Phi) is 4.24. The molecular formula is C10H16N2O2. The molecule has 1 amide bonds. The standard InChI is InChI=1S/C10H16N2O2/c1-14-10(13)12-7-2-3-9(4-6-11)5-8-12/h9H,2-5,7-8H2,1H3. The van der Waals surface area contributed by atoms with Crippen molar-refractivity contribution in [2.45, 2.75) is 25.7 Å². The molecule has 1 unspecified atom stereocenters. The number of carbonyl (C=O) groups excluding carboxylic acids is 1. The molecule has 0 radical (unpaired) electrons. The first-order valence-corrected chi connectivity index (χ1v) is 4.97. The van der Waals surface area contributed by atoms with E-state index in [1.807, 2.05) is 0 Å². The van der Waals surface area contributed by atoms with E-state index in [1.165, 1.54) is 7.11 Å². The Balaban J connectivity index is 2.41. The van der Waals surface area contributed by atoms with Crippen LogP contribution in [0.25, 0.3) is 0 Å². The summed E-state index contributed by atoms with van der Waals surface area (Å²) in [4.78, 5) is 12.9. The molecule has 0 spiro atoms. The fourth-order valence-corrected chi connectivity index (χ4v) is 1.81. The molecule has 14 heavy (non-hydrogen) atoms. The Morgan fingerprint density at radius 3 is 3.00 bits per heavy atom. The van der Waals surface area contributed by atoms with Crippen LogP contribution in [-0.2, 0) is 4.74 Å². The first kappa shape index (κ1) is 10.8. The largest absolute Gasteiger partial charge is 0.453 e. The van der Waals surface area contributed by atoms with E-state index in [-0.39, 0.29) is 6.09 Å². The number of rotatable bonds is 1. The van der Waals surface area contributed by atoms with Crippen LogP contribution < -0.4 is 0 Å². The summed E-state index contributed by atoms with van der Waals surface area (Å²) in [5.41, 5.74) is 0. The van der Waals surface area contributed by atoms with Crippen LogP contribution in [-0.4, -0.2) is 31.2 Å². The number of likely N-dealkylation sites (tertiary alicyclic amines) is 1. The number of ether oxygens (including phenoxy) is 1. The van der Waals surface area contributed by atoms with Gasteiger partial charge in [-0.15, -0.1) is 0 Å². The molecule has 1 aliphatic rings. The molecule has 1 rings (SSSR count). The van der Waals surface area contributed by atoms with Crippen molar-refractivity contribution < 1.29 is 9.53 Å². The molecule has 0 saturated carbocycles. The van der Waals surface area contributed by atoms with E-state index in [4.69, 9.17) is 5.26 Å². The van der Waals surface area contributed by atoms with Gasteiger partial charge in [-0.2, -0.15) is 5.26 Å². The number of amides is 1. The van der Waals surface area contributed by atoms with Crippen LogP contribution in [0.15, 0.2) is 0 Å². The summed E-state index contributed by atoms with van der Waals surface area (Å²) >= 11 is 0. The summed E-state index contributed by atoms with van der Waals surface area (Å²) in [5.74, 6) is 0.453. The van der Waals surface area contributed by atoms with E-state index in [0.29, 0.717) is 12.3 Å². The Bertz CT molecular complexity index is 235. The molecule has 0 N–H and O–H groups in total. The molecule has 78 valence electrons. The quantitative estimate of drug-likeness (QED) is 0.642. The van der Waals surface area contributed by atoms with Crippen LogP contribution in [0.3, 0.4) is 0 Å². The number of nitriles is 1. The molecule has 0 aliphatic carbocycles. The molecule has 1 heterocycles. The molecular weight excluding hydrogens is 180 g/mol. The van der Waals surface area contributed by atoms with Gasteiger partial charge in [0.25, 0.3) is 0 Å². The SMILES string of the molecule is COC(=O)N1CCCC(CC#N)CC1. The van der Waals surface area contributed by atoms with Gasteiger partial charge in [0.05, 0.1) is 13.2 Å². The van der Waals surface area contributed by atoms with Crippen molar-refractivity contribution in [1.82, 2.24) is 4.90 Å². The highest BCUT2D eigenvalue weighted by atomic mass is 16.5. The molecule has 0 aromatic rings. The monoisotopic (exact) mass is 196 g/mol. The Morgan fingerprint density at radius 2 is 2.36 bits per heavy atom. The molecule has 1 atom stereocenters. The Labute approximate surface area is 84.4 Å². The second-order valence-corrected chi connectivity index (χ2v) is 3.62. The van der Waals surface area contributed by atoms with E-state index < -0.39 is 0 Å². The number of methoxy groups -OCH3 is 1. The van der Waals surface area contributed by atoms with Gasteiger partial charge in [0.1, 0.15) is 0 Å². The van der Waals surface area contributed by atoms with Gasteiger partial charge in [-0.1, -0.05) is 0 Å². The van der Waals surface area contributed by atoms with Crippen LogP contribution in [0.1, 0.15) is 25.7 Å². The smallest absolute Gasteiger partial charge is 0.409 e. The third-order valence-corrected chi connectivity index (χ3v) is 2.66. The van der Waals surface area contributed by atoms with Gasteiger partial charge in [0, 0.05) is 19.5 Å². The van der Waals surface area contributed by atoms with Crippen molar-refractivity contribution in [3.8, 4) is 6.07 Å². The van der Waals surface area contributed by atoms with Gasteiger partial charge in [-0.25, -0.2) is 4.79 Å². The molecule has 1 saturated heterocycles. The van der Waals surface area contributed by atoms with Crippen LogP contribution >= 0.6 is 0 Å². The number of hydrogen-bond donors (Lipinski definition) is 0. The summed E-state index contributed by atoms with van der Waals surface area (Å²) in [5, 5.41) is 8.58.